The van der Waals surface area contributed by atoms with Crippen LogP contribution >= 0.6 is 0 Å². The molecule has 4 nitrogen and oxygen atoms in total. The molecule has 0 bridgehead atoms. The predicted molar refractivity (Wildman–Crippen MR) is 162 cm³/mol. The van der Waals surface area contributed by atoms with Crippen LogP contribution in [0.25, 0.3) is 21.5 Å². The van der Waals surface area contributed by atoms with E-state index >= 15 is 0 Å². The summed E-state index contributed by atoms with van der Waals surface area (Å²) in [6.07, 6.45) is 1.27. The average molecular weight is 563 g/mol. The van der Waals surface area contributed by atoms with Gasteiger partial charge in [-0.25, -0.2) is 8.78 Å². The Morgan fingerprint density at radius 3 is 2.31 bits per heavy atom. The molecule has 6 rings (SSSR count). The average Bonchev–Trinajstić information content (AvgIpc) is 2.96. The van der Waals surface area contributed by atoms with Crippen LogP contribution in [0.4, 0.5) is 8.78 Å². The Labute approximate surface area is 243 Å². The maximum Gasteiger partial charge on any atom is 0.224 e. The molecule has 42 heavy (non-hydrogen) atoms. The maximum absolute atomic E-state index is 13.9. The number of halogens is 2. The zero-order valence-electron chi connectivity index (χ0n) is 23.4. The van der Waals surface area contributed by atoms with Crippen molar-refractivity contribution in [2.24, 2.45) is 11.7 Å². The Kier molecular flexibility index (Phi) is 7.33. The van der Waals surface area contributed by atoms with Gasteiger partial charge in [0.25, 0.3) is 0 Å². The molecule has 5 aromatic carbocycles. The van der Waals surface area contributed by atoms with Crippen molar-refractivity contribution in [1.29, 1.82) is 0 Å². The van der Waals surface area contributed by atoms with Gasteiger partial charge in [-0.15, -0.1) is 0 Å². The Morgan fingerprint density at radius 1 is 0.857 bits per heavy atom. The van der Waals surface area contributed by atoms with Gasteiger partial charge in [-0.05, 0) is 82.1 Å². The van der Waals surface area contributed by atoms with Crippen LogP contribution in [0.5, 0.6) is 0 Å². The molecule has 0 heterocycles. The SMILES string of the molecule is CC(NC(=O)Cc1cc(F)cc(F)c1)C(=O)C1Cc2c(ccc3c2ccc2ccccc23)C(N)(Cc2ccccc2)C1. The smallest absolute Gasteiger partial charge is 0.224 e. The van der Waals surface area contributed by atoms with Crippen LogP contribution in [0.3, 0.4) is 0 Å². The normalized spacial score (nSPS) is 18.9. The Morgan fingerprint density at radius 2 is 1.55 bits per heavy atom. The summed E-state index contributed by atoms with van der Waals surface area (Å²) in [6.45, 7) is 1.66. The van der Waals surface area contributed by atoms with Crippen LogP contribution in [0.2, 0.25) is 0 Å². The molecule has 0 aliphatic heterocycles. The van der Waals surface area contributed by atoms with Crippen molar-refractivity contribution in [3.63, 3.8) is 0 Å². The number of benzene rings is 5. The number of nitrogens with one attached hydrogen (secondary N) is 1. The largest absolute Gasteiger partial charge is 0.346 e. The van der Waals surface area contributed by atoms with Gasteiger partial charge in [0, 0.05) is 17.5 Å². The lowest BCUT2D eigenvalue weighted by Crippen LogP contribution is -2.50. The molecule has 5 aromatic rings. The van der Waals surface area contributed by atoms with Crippen molar-refractivity contribution in [2.75, 3.05) is 0 Å². The fourth-order valence-electron chi connectivity index (χ4n) is 6.65. The summed E-state index contributed by atoms with van der Waals surface area (Å²) in [5.74, 6) is -2.51. The van der Waals surface area contributed by atoms with Crippen LogP contribution in [0, 0.1) is 17.6 Å². The lowest BCUT2D eigenvalue weighted by Gasteiger charge is -2.41. The number of rotatable bonds is 7. The van der Waals surface area contributed by atoms with Crippen LogP contribution in [0.1, 0.15) is 35.6 Å². The molecule has 0 saturated carbocycles. The van der Waals surface area contributed by atoms with E-state index in [4.69, 9.17) is 5.73 Å². The highest BCUT2D eigenvalue weighted by Crippen LogP contribution is 2.43. The molecule has 3 unspecified atom stereocenters. The zero-order valence-corrected chi connectivity index (χ0v) is 23.4. The van der Waals surface area contributed by atoms with Gasteiger partial charge in [0.05, 0.1) is 12.5 Å². The van der Waals surface area contributed by atoms with Crippen molar-refractivity contribution in [3.05, 3.63) is 131 Å². The molecule has 212 valence electrons. The number of nitrogens with two attached hydrogens (primary N) is 1. The number of ketones is 1. The molecule has 0 saturated heterocycles. The highest BCUT2D eigenvalue weighted by molar-refractivity contribution is 6.09. The Hall–Kier alpha value is -4.42. The van der Waals surface area contributed by atoms with Crippen LogP contribution in [-0.4, -0.2) is 17.7 Å². The van der Waals surface area contributed by atoms with Gasteiger partial charge < -0.3 is 11.1 Å². The topological polar surface area (TPSA) is 72.2 Å². The fraction of sp³-hybridized carbons (Fsp3) is 0.222. The third-order valence-electron chi connectivity index (χ3n) is 8.49. The summed E-state index contributed by atoms with van der Waals surface area (Å²) in [6, 6.07) is 29.0. The molecule has 1 amide bonds. The van der Waals surface area contributed by atoms with Gasteiger partial charge in [-0.2, -0.15) is 0 Å². The van der Waals surface area contributed by atoms with E-state index in [1.807, 2.05) is 42.5 Å². The minimum Gasteiger partial charge on any atom is -0.346 e. The number of amides is 1. The van der Waals surface area contributed by atoms with Crippen molar-refractivity contribution < 1.29 is 18.4 Å². The highest BCUT2D eigenvalue weighted by Gasteiger charge is 2.41. The standard InChI is InChI=1S/C36H32F2N2O2/c1-22(40-34(41)17-24-15-27(37)19-28(38)16-24)35(42)26-18-32-31-12-11-25-9-5-6-10-29(25)30(31)13-14-33(32)36(39,21-26)20-23-7-3-2-4-8-23/h2-16,19,22,26H,17-18,20-21,39H2,1H3,(H,40,41). The number of carbonyl (C=O) groups is 2. The molecule has 0 spiro atoms. The first kappa shape index (κ1) is 27.7. The quantitative estimate of drug-likeness (QED) is 0.221. The van der Waals surface area contributed by atoms with E-state index in [1.165, 1.54) is 0 Å². The summed E-state index contributed by atoms with van der Waals surface area (Å²) in [5, 5.41) is 7.24. The number of fused-ring (bicyclic) bond motifs is 5. The number of hydrogen-bond acceptors (Lipinski definition) is 3. The van der Waals surface area contributed by atoms with Crippen molar-refractivity contribution in [1.82, 2.24) is 5.32 Å². The summed E-state index contributed by atoms with van der Waals surface area (Å²) >= 11 is 0. The van der Waals surface area contributed by atoms with E-state index in [-0.39, 0.29) is 17.8 Å². The van der Waals surface area contributed by atoms with Gasteiger partial charge >= 0.3 is 0 Å². The molecule has 0 aromatic heterocycles. The second-order valence-corrected chi connectivity index (χ2v) is 11.5. The van der Waals surface area contributed by atoms with E-state index in [1.54, 1.807) is 6.92 Å². The fourth-order valence-corrected chi connectivity index (χ4v) is 6.65. The maximum atomic E-state index is 13.9. The molecule has 6 heteroatoms. The monoisotopic (exact) mass is 562 g/mol. The van der Waals surface area contributed by atoms with E-state index < -0.39 is 35.0 Å². The molecule has 1 aliphatic carbocycles. The number of Topliss-reactive ketones (excluding diaryl/α,β-unsaturated/α-hetero) is 1. The number of carbonyl (C=O) groups excluding carboxylic acids is 2. The third-order valence-corrected chi connectivity index (χ3v) is 8.49. The molecule has 0 radical (unpaired) electrons. The lowest BCUT2D eigenvalue weighted by molar-refractivity contribution is -0.130. The summed E-state index contributed by atoms with van der Waals surface area (Å²) in [5.41, 5.74) is 9.86. The Balaban J connectivity index is 1.33. The second-order valence-electron chi connectivity index (χ2n) is 11.5. The van der Waals surface area contributed by atoms with E-state index in [9.17, 15) is 18.4 Å². The van der Waals surface area contributed by atoms with Crippen molar-refractivity contribution in [2.45, 2.75) is 44.2 Å². The summed E-state index contributed by atoms with van der Waals surface area (Å²) < 4.78 is 27.2. The summed E-state index contributed by atoms with van der Waals surface area (Å²) in [4.78, 5) is 26.7. The van der Waals surface area contributed by atoms with Crippen LogP contribution in [-0.2, 0) is 34.4 Å². The van der Waals surface area contributed by atoms with Crippen LogP contribution < -0.4 is 11.1 Å². The predicted octanol–water partition coefficient (Wildman–Crippen LogP) is 6.55. The first-order valence-electron chi connectivity index (χ1n) is 14.2. The van der Waals surface area contributed by atoms with Gasteiger partial charge in [0.2, 0.25) is 5.91 Å². The third kappa shape index (κ3) is 5.42. The van der Waals surface area contributed by atoms with Crippen molar-refractivity contribution >= 4 is 33.2 Å². The lowest BCUT2D eigenvalue weighted by atomic mass is 9.67. The molecular weight excluding hydrogens is 530 g/mol. The number of hydrogen-bond donors (Lipinski definition) is 2. The first-order chi connectivity index (χ1) is 20.2. The molecule has 3 atom stereocenters. The molecule has 3 N–H and O–H groups in total. The molecule has 1 aliphatic rings. The highest BCUT2D eigenvalue weighted by atomic mass is 19.1. The minimum absolute atomic E-state index is 0.111. The summed E-state index contributed by atoms with van der Waals surface area (Å²) in [7, 11) is 0. The molecule has 0 fully saturated rings. The van der Waals surface area contributed by atoms with Gasteiger partial charge in [0.1, 0.15) is 11.6 Å². The van der Waals surface area contributed by atoms with Gasteiger partial charge in [0.15, 0.2) is 5.78 Å². The van der Waals surface area contributed by atoms with Crippen LogP contribution in [0.15, 0.2) is 97.1 Å². The first-order valence-corrected chi connectivity index (χ1v) is 14.2. The molecular formula is C36H32F2N2O2. The van der Waals surface area contributed by atoms with Gasteiger partial charge in [-0.3, -0.25) is 9.59 Å². The minimum atomic E-state index is -0.794. The zero-order chi connectivity index (χ0) is 29.4. The van der Waals surface area contributed by atoms with E-state index in [0.29, 0.717) is 19.3 Å². The van der Waals surface area contributed by atoms with E-state index in [2.05, 4.69) is 41.7 Å². The Bertz CT molecular complexity index is 1800. The van der Waals surface area contributed by atoms with Crippen molar-refractivity contribution in [3.8, 4) is 0 Å². The van der Waals surface area contributed by atoms with E-state index in [0.717, 1.165) is 56.4 Å². The second kappa shape index (κ2) is 11.1. The van der Waals surface area contributed by atoms with Gasteiger partial charge in [-0.1, -0.05) is 78.9 Å².